The second-order valence-corrected chi connectivity index (χ2v) is 10.9. The van der Waals surface area contributed by atoms with Gasteiger partial charge in [0, 0.05) is 36.3 Å². The Hall–Kier alpha value is -1.77. The number of likely N-dealkylation sites (tertiary alicyclic amines) is 1. The summed E-state index contributed by atoms with van der Waals surface area (Å²) in [5, 5.41) is 4.03. The second kappa shape index (κ2) is 10.4. The third-order valence-corrected chi connectivity index (χ3v) is 8.50. The van der Waals surface area contributed by atoms with Crippen molar-refractivity contribution in [3.63, 3.8) is 0 Å². The number of Topliss-reactive ketones (excluding diaryl/α,β-unsaturated/α-hetero) is 1. The Labute approximate surface area is 195 Å². The maximum Gasteiger partial charge on any atom is 0.243 e. The lowest BCUT2D eigenvalue weighted by Gasteiger charge is -2.28. The Morgan fingerprint density at radius 3 is 2.12 bits per heavy atom. The highest BCUT2D eigenvalue weighted by molar-refractivity contribution is 7.89. The van der Waals surface area contributed by atoms with Crippen molar-refractivity contribution >= 4 is 27.4 Å². The second-order valence-electron chi connectivity index (χ2n) is 8.50. The van der Waals surface area contributed by atoms with Gasteiger partial charge < -0.3 is 5.32 Å². The molecule has 0 aromatic heterocycles. The zero-order chi connectivity index (χ0) is 22.6. The van der Waals surface area contributed by atoms with Crippen LogP contribution in [0.1, 0.15) is 47.6 Å². The molecule has 0 bridgehead atoms. The number of hydrogen-bond donors (Lipinski definition) is 1. The van der Waals surface area contributed by atoms with Gasteiger partial charge in [0.1, 0.15) is 0 Å². The van der Waals surface area contributed by atoms with Crippen LogP contribution in [0.2, 0.25) is 5.02 Å². The summed E-state index contributed by atoms with van der Waals surface area (Å²) in [7, 11) is -3.46. The van der Waals surface area contributed by atoms with Gasteiger partial charge in [-0.05, 0) is 68.6 Å². The van der Waals surface area contributed by atoms with E-state index in [1.54, 1.807) is 24.3 Å². The lowest BCUT2D eigenvalue weighted by molar-refractivity contribution is 0.0987. The maximum atomic E-state index is 12.7. The van der Waals surface area contributed by atoms with Crippen molar-refractivity contribution < 1.29 is 13.2 Å². The van der Waals surface area contributed by atoms with E-state index < -0.39 is 10.0 Å². The van der Waals surface area contributed by atoms with Crippen LogP contribution < -0.4 is 5.32 Å². The van der Waals surface area contributed by atoms with Gasteiger partial charge in [-0.25, -0.2) is 8.42 Å². The number of sulfonamides is 1. The van der Waals surface area contributed by atoms with Crippen molar-refractivity contribution in [2.24, 2.45) is 0 Å². The molecule has 6 nitrogen and oxygen atoms in total. The Morgan fingerprint density at radius 1 is 0.906 bits per heavy atom. The molecule has 1 N–H and O–H groups in total. The molecule has 0 saturated carbocycles. The molecule has 0 radical (unpaired) electrons. The SMILES string of the molecule is O=C(CNCC(c1ccc(Cl)cc1)N1CCCC1)c1ccc(S(=O)(=O)N2CCCC2)cc1. The van der Waals surface area contributed by atoms with Crippen LogP contribution >= 0.6 is 11.6 Å². The molecule has 172 valence electrons. The smallest absolute Gasteiger partial charge is 0.243 e. The van der Waals surface area contributed by atoms with E-state index in [4.69, 9.17) is 11.6 Å². The minimum Gasteiger partial charge on any atom is -0.308 e. The Balaban J connectivity index is 1.36. The molecule has 8 heteroatoms. The molecular weight excluding hydrogens is 446 g/mol. The van der Waals surface area contributed by atoms with Crippen molar-refractivity contribution in [1.82, 2.24) is 14.5 Å². The summed E-state index contributed by atoms with van der Waals surface area (Å²) in [6, 6.07) is 14.4. The van der Waals surface area contributed by atoms with Crippen molar-refractivity contribution in [2.45, 2.75) is 36.6 Å². The van der Waals surface area contributed by atoms with Gasteiger partial charge in [-0.1, -0.05) is 35.9 Å². The summed E-state index contributed by atoms with van der Waals surface area (Å²) in [6.07, 6.45) is 4.18. The van der Waals surface area contributed by atoms with Crippen molar-refractivity contribution in [1.29, 1.82) is 0 Å². The van der Waals surface area contributed by atoms with Crippen molar-refractivity contribution in [3.05, 3.63) is 64.7 Å². The minimum atomic E-state index is -3.46. The molecule has 2 fully saturated rings. The largest absolute Gasteiger partial charge is 0.308 e. The quantitative estimate of drug-likeness (QED) is 0.559. The molecule has 2 saturated heterocycles. The van der Waals surface area contributed by atoms with Crippen LogP contribution in [0, 0.1) is 0 Å². The molecule has 0 amide bonds. The van der Waals surface area contributed by atoms with Crippen molar-refractivity contribution in [2.75, 3.05) is 39.3 Å². The number of rotatable bonds is 9. The van der Waals surface area contributed by atoms with Gasteiger partial charge in [0.15, 0.2) is 5.78 Å². The highest BCUT2D eigenvalue weighted by atomic mass is 35.5. The van der Waals surface area contributed by atoms with Crippen LogP contribution in [0.15, 0.2) is 53.4 Å². The standard InChI is InChI=1S/C24H30ClN3O3S/c25-21-9-5-19(6-10-21)23(27-13-1-2-14-27)17-26-18-24(29)20-7-11-22(12-8-20)32(30,31)28-15-3-4-16-28/h5-12,23,26H,1-4,13-18H2. The Bertz CT molecular complexity index is 1010. The van der Waals surface area contributed by atoms with Gasteiger partial charge in [-0.15, -0.1) is 0 Å². The van der Waals surface area contributed by atoms with E-state index in [0.29, 0.717) is 30.2 Å². The lowest BCUT2D eigenvalue weighted by Crippen LogP contribution is -2.36. The number of nitrogens with one attached hydrogen (secondary N) is 1. The summed E-state index contributed by atoms with van der Waals surface area (Å²) < 4.78 is 26.8. The van der Waals surface area contributed by atoms with Crippen LogP contribution in [-0.2, 0) is 10.0 Å². The first-order valence-corrected chi connectivity index (χ1v) is 13.1. The predicted octanol–water partition coefficient (Wildman–Crippen LogP) is 3.73. The molecule has 1 unspecified atom stereocenters. The van der Waals surface area contributed by atoms with Crippen LogP contribution in [0.3, 0.4) is 0 Å². The van der Waals surface area contributed by atoms with Crippen LogP contribution in [-0.4, -0.2) is 62.7 Å². The molecule has 2 heterocycles. The number of carbonyl (C=O) groups is 1. The van der Waals surface area contributed by atoms with Gasteiger partial charge in [0.2, 0.25) is 10.0 Å². The van der Waals surface area contributed by atoms with E-state index in [2.05, 4.69) is 10.2 Å². The number of nitrogens with zero attached hydrogens (tertiary/aromatic N) is 2. The molecular formula is C24H30ClN3O3S. The average Bonchev–Trinajstić information content (AvgIpc) is 3.52. The first-order chi connectivity index (χ1) is 15.4. The van der Waals surface area contributed by atoms with Crippen LogP contribution in [0.5, 0.6) is 0 Å². The normalized spacial score (nSPS) is 18.8. The van der Waals surface area contributed by atoms with Gasteiger partial charge in [-0.3, -0.25) is 9.69 Å². The number of benzene rings is 2. The monoisotopic (exact) mass is 475 g/mol. The summed E-state index contributed by atoms with van der Waals surface area (Å²) >= 11 is 6.05. The first kappa shape index (κ1) is 23.4. The lowest BCUT2D eigenvalue weighted by atomic mass is 10.1. The van der Waals surface area contributed by atoms with E-state index in [9.17, 15) is 13.2 Å². The first-order valence-electron chi connectivity index (χ1n) is 11.3. The van der Waals surface area contributed by atoms with E-state index >= 15 is 0 Å². The molecule has 32 heavy (non-hydrogen) atoms. The fourth-order valence-corrected chi connectivity index (χ4v) is 6.15. The van der Waals surface area contributed by atoms with E-state index in [1.807, 2.05) is 24.3 Å². The van der Waals surface area contributed by atoms with Gasteiger partial charge >= 0.3 is 0 Å². The maximum absolute atomic E-state index is 12.7. The van der Waals surface area contributed by atoms with Gasteiger partial charge in [-0.2, -0.15) is 4.31 Å². The molecule has 4 rings (SSSR count). The van der Waals surface area contributed by atoms with E-state index in [-0.39, 0.29) is 23.3 Å². The van der Waals surface area contributed by atoms with Crippen LogP contribution in [0.4, 0.5) is 0 Å². The molecule has 2 aromatic carbocycles. The topological polar surface area (TPSA) is 69.7 Å². The number of carbonyl (C=O) groups excluding carboxylic acids is 1. The molecule has 0 aliphatic carbocycles. The molecule has 0 spiro atoms. The third-order valence-electron chi connectivity index (χ3n) is 6.34. The molecule has 1 atom stereocenters. The fraction of sp³-hybridized carbons (Fsp3) is 0.458. The van der Waals surface area contributed by atoms with E-state index in [0.717, 1.165) is 25.9 Å². The highest BCUT2D eigenvalue weighted by Gasteiger charge is 2.27. The summed E-state index contributed by atoms with van der Waals surface area (Å²) in [5.74, 6) is -0.0496. The summed E-state index contributed by atoms with van der Waals surface area (Å²) in [6.45, 7) is 4.11. The minimum absolute atomic E-state index is 0.0496. The zero-order valence-corrected chi connectivity index (χ0v) is 19.7. The number of hydrogen-bond acceptors (Lipinski definition) is 5. The van der Waals surface area contributed by atoms with Gasteiger partial charge in [0.05, 0.1) is 11.4 Å². The summed E-state index contributed by atoms with van der Waals surface area (Å²) in [5.41, 5.74) is 1.70. The third kappa shape index (κ3) is 5.41. The molecule has 2 aliphatic heterocycles. The highest BCUT2D eigenvalue weighted by Crippen LogP contribution is 2.26. The van der Waals surface area contributed by atoms with Gasteiger partial charge in [0.25, 0.3) is 0 Å². The predicted molar refractivity (Wildman–Crippen MR) is 127 cm³/mol. The van der Waals surface area contributed by atoms with Crippen molar-refractivity contribution in [3.8, 4) is 0 Å². The Morgan fingerprint density at radius 2 is 1.50 bits per heavy atom. The fourth-order valence-electron chi connectivity index (χ4n) is 4.51. The number of ketones is 1. The number of halogens is 1. The molecule has 2 aromatic rings. The van der Waals surface area contributed by atoms with Crippen LogP contribution in [0.25, 0.3) is 0 Å². The average molecular weight is 476 g/mol. The van der Waals surface area contributed by atoms with E-state index in [1.165, 1.54) is 22.7 Å². The Kier molecular flexibility index (Phi) is 7.63. The summed E-state index contributed by atoms with van der Waals surface area (Å²) in [4.78, 5) is 15.4. The molecule has 2 aliphatic rings. The zero-order valence-electron chi connectivity index (χ0n) is 18.2.